The van der Waals surface area contributed by atoms with Crippen LogP contribution in [-0.4, -0.2) is 13.1 Å². The third-order valence-electron chi connectivity index (χ3n) is 4.59. The molecule has 2 atom stereocenters. The second-order valence-electron chi connectivity index (χ2n) is 5.29. The third kappa shape index (κ3) is 1.13. The molecule has 1 heterocycles. The Labute approximate surface area is 91.9 Å². The summed E-state index contributed by atoms with van der Waals surface area (Å²) in [4.78, 5) is 0. The Morgan fingerprint density at radius 1 is 1.40 bits per heavy atom. The monoisotopic (exact) mass is 201 g/mol. The molecular weight excluding hydrogens is 182 g/mol. The van der Waals surface area contributed by atoms with Crippen LogP contribution in [-0.2, 0) is 11.8 Å². The van der Waals surface area contributed by atoms with Crippen molar-refractivity contribution in [2.75, 3.05) is 13.1 Å². The predicted octanol–water partition coefficient (Wildman–Crippen LogP) is 2.42. The molecular formula is C14H19N. The summed E-state index contributed by atoms with van der Waals surface area (Å²) in [6.45, 7) is 7.06. The first-order valence-corrected chi connectivity index (χ1v) is 6.04. The van der Waals surface area contributed by atoms with Gasteiger partial charge in [-0.25, -0.2) is 0 Å². The van der Waals surface area contributed by atoms with E-state index in [2.05, 4.69) is 37.4 Å². The highest BCUT2D eigenvalue weighted by atomic mass is 14.9. The Balaban J connectivity index is 2.17. The number of benzene rings is 1. The Kier molecular flexibility index (Phi) is 1.93. The van der Waals surface area contributed by atoms with E-state index in [4.69, 9.17) is 0 Å². The molecule has 2 aliphatic rings. The minimum atomic E-state index is 0.460. The number of fused-ring (bicyclic) bond motifs is 2. The maximum Gasteiger partial charge on any atom is 0.0121 e. The average molecular weight is 201 g/mol. The van der Waals surface area contributed by atoms with Crippen molar-refractivity contribution in [2.24, 2.45) is 5.92 Å². The SMILES string of the molecule is Cc1cccc2c1CC(C)C21CCNC1. The fraction of sp³-hybridized carbons (Fsp3) is 0.571. The first-order chi connectivity index (χ1) is 7.24. The summed E-state index contributed by atoms with van der Waals surface area (Å²) in [7, 11) is 0. The molecule has 1 saturated heterocycles. The van der Waals surface area contributed by atoms with Gasteiger partial charge in [-0.1, -0.05) is 25.1 Å². The molecule has 2 unspecified atom stereocenters. The first kappa shape index (κ1) is 9.41. The molecule has 1 aliphatic heterocycles. The normalized spacial score (nSPS) is 33.6. The predicted molar refractivity (Wildman–Crippen MR) is 63.2 cm³/mol. The van der Waals surface area contributed by atoms with Crippen LogP contribution in [0, 0.1) is 12.8 Å². The van der Waals surface area contributed by atoms with Crippen molar-refractivity contribution < 1.29 is 0 Å². The van der Waals surface area contributed by atoms with E-state index in [1.807, 2.05) is 0 Å². The second kappa shape index (κ2) is 3.08. The van der Waals surface area contributed by atoms with E-state index in [-0.39, 0.29) is 0 Å². The van der Waals surface area contributed by atoms with Gasteiger partial charge in [0.1, 0.15) is 0 Å². The van der Waals surface area contributed by atoms with Crippen molar-refractivity contribution in [3.05, 3.63) is 34.9 Å². The fourth-order valence-corrected chi connectivity index (χ4v) is 3.57. The number of nitrogens with one attached hydrogen (secondary N) is 1. The molecule has 15 heavy (non-hydrogen) atoms. The summed E-state index contributed by atoms with van der Waals surface area (Å²) < 4.78 is 0. The zero-order valence-corrected chi connectivity index (χ0v) is 9.64. The van der Waals surface area contributed by atoms with E-state index in [0.717, 1.165) is 5.92 Å². The minimum absolute atomic E-state index is 0.460. The van der Waals surface area contributed by atoms with Gasteiger partial charge in [-0.15, -0.1) is 0 Å². The van der Waals surface area contributed by atoms with E-state index >= 15 is 0 Å². The van der Waals surface area contributed by atoms with E-state index < -0.39 is 0 Å². The molecule has 1 fully saturated rings. The topological polar surface area (TPSA) is 12.0 Å². The largest absolute Gasteiger partial charge is 0.316 e. The highest BCUT2D eigenvalue weighted by Crippen LogP contribution is 2.47. The van der Waals surface area contributed by atoms with Crippen LogP contribution in [0.1, 0.15) is 30.0 Å². The van der Waals surface area contributed by atoms with Crippen molar-refractivity contribution in [3.8, 4) is 0 Å². The molecule has 0 amide bonds. The summed E-state index contributed by atoms with van der Waals surface area (Å²) in [6.07, 6.45) is 2.61. The molecule has 0 saturated carbocycles. The number of aryl methyl sites for hydroxylation is 1. The quantitative estimate of drug-likeness (QED) is 0.679. The van der Waals surface area contributed by atoms with Gasteiger partial charge >= 0.3 is 0 Å². The third-order valence-corrected chi connectivity index (χ3v) is 4.59. The molecule has 0 aromatic heterocycles. The highest BCUT2D eigenvalue weighted by Gasteiger charge is 2.46. The number of hydrogen-bond acceptors (Lipinski definition) is 1. The van der Waals surface area contributed by atoms with Crippen LogP contribution < -0.4 is 5.32 Å². The first-order valence-electron chi connectivity index (χ1n) is 6.04. The zero-order chi connectivity index (χ0) is 10.5. The van der Waals surface area contributed by atoms with Crippen LogP contribution in [0.4, 0.5) is 0 Å². The standard InChI is InChI=1S/C14H19N/c1-10-4-3-5-13-12(10)8-11(2)14(13)6-7-15-9-14/h3-5,11,15H,6-9H2,1-2H3. The van der Waals surface area contributed by atoms with Crippen molar-refractivity contribution in [3.63, 3.8) is 0 Å². The second-order valence-corrected chi connectivity index (χ2v) is 5.29. The molecule has 3 rings (SSSR count). The molecule has 1 N–H and O–H groups in total. The van der Waals surface area contributed by atoms with E-state index in [1.54, 1.807) is 11.1 Å². The lowest BCUT2D eigenvalue weighted by Crippen LogP contribution is -2.32. The minimum Gasteiger partial charge on any atom is -0.316 e. The van der Waals surface area contributed by atoms with Crippen molar-refractivity contribution >= 4 is 0 Å². The zero-order valence-electron chi connectivity index (χ0n) is 9.64. The Morgan fingerprint density at radius 2 is 2.27 bits per heavy atom. The maximum atomic E-state index is 3.55. The van der Waals surface area contributed by atoms with Gasteiger partial charge in [-0.05, 0) is 48.9 Å². The smallest absolute Gasteiger partial charge is 0.0121 e. The summed E-state index contributed by atoms with van der Waals surface area (Å²) in [5.74, 6) is 0.809. The van der Waals surface area contributed by atoms with E-state index in [9.17, 15) is 0 Å². The Morgan fingerprint density at radius 3 is 3.00 bits per heavy atom. The van der Waals surface area contributed by atoms with Crippen LogP contribution in [0.25, 0.3) is 0 Å². The summed E-state index contributed by atoms with van der Waals surface area (Å²) in [6, 6.07) is 6.85. The molecule has 1 spiro atoms. The van der Waals surface area contributed by atoms with Crippen molar-refractivity contribution in [2.45, 2.75) is 32.1 Å². The van der Waals surface area contributed by atoms with E-state index in [0.29, 0.717) is 5.41 Å². The summed E-state index contributed by atoms with van der Waals surface area (Å²) >= 11 is 0. The Bertz CT molecular complexity index is 388. The van der Waals surface area contributed by atoms with Crippen molar-refractivity contribution in [1.29, 1.82) is 0 Å². The van der Waals surface area contributed by atoms with Crippen LogP contribution in [0.3, 0.4) is 0 Å². The van der Waals surface area contributed by atoms with Gasteiger partial charge in [0.2, 0.25) is 0 Å². The van der Waals surface area contributed by atoms with Crippen LogP contribution in [0.5, 0.6) is 0 Å². The van der Waals surface area contributed by atoms with Crippen LogP contribution >= 0.6 is 0 Å². The van der Waals surface area contributed by atoms with Gasteiger partial charge in [-0.2, -0.15) is 0 Å². The van der Waals surface area contributed by atoms with Gasteiger partial charge in [0.15, 0.2) is 0 Å². The molecule has 1 aromatic rings. The number of hydrogen-bond donors (Lipinski definition) is 1. The van der Waals surface area contributed by atoms with E-state index in [1.165, 1.54) is 31.5 Å². The molecule has 1 nitrogen and oxygen atoms in total. The van der Waals surface area contributed by atoms with Gasteiger partial charge in [0, 0.05) is 12.0 Å². The lowest BCUT2D eigenvalue weighted by Gasteiger charge is -2.29. The lowest BCUT2D eigenvalue weighted by molar-refractivity contribution is 0.344. The van der Waals surface area contributed by atoms with Crippen LogP contribution in [0.15, 0.2) is 18.2 Å². The fourth-order valence-electron chi connectivity index (χ4n) is 3.57. The van der Waals surface area contributed by atoms with Gasteiger partial charge in [-0.3, -0.25) is 0 Å². The Hall–Kier alpha value is -0.820. The van der Waals surface area contributed by atoms with Gasteiger partial charge in [0.05, 0.1) is 0 Å². The molecule has 0 bridgehead atoms. The lowest BCUT2D eigenvalue weighted by atomic mass is 9.75. The number of rotatable bonds is 0. The molecule has 1 heteroatoms. The van der Waals surface area contributed by atoms with Crippen LogP contribution in [0.2, 0.25) is 0 Å². The highest BCUT2D eigenvalue weighted by molar-refractivity contribution is 5.46. The molecule has 0 radical (unpaired) electrons. The maximum absolute atomic E-state index is 3.55. The summed E-state index contributed by atoms with van der Waals surface area (Å²) in [5, 5.41) is 3.55. The molecule has 1 aromatic carbocycles. The molecule has 1 aliphatic carbocycles. The average Bonchev–Trinajstić information content (AvgIpc) is 2.79. The van der Waals surface area contributed by atoms with Gasteiger partial charge < -0.3 is 5.32 Å². The van der Waals surface area contributed by atoms with Crippen molar-refractivity contribution in [1.82, 2.24) is 5.32 Å². The summed E-state index contributed by atoms with van der Waals surface area (Å²) in [5.41, 5.74) is 5.22. The molecule has 80 valence electrons. The van der Waals surface area contributed by atoms with Gasteiger partial charge in [0.25, 0.3) is 0 Å².